The van der Waals surface area contributed by atoms with Gasteiger partial charge in [-0.3, -0.25) is 0 Å². The zero-order chi connectivity index (χ0) is 17.4. The highest BCUT2D eigenvalue weighted by Crippen LogP contribution is 2.21. The van der Waals surface area contributed by atoms with Gasteiger partial charge in [-0.1, -0.05) is 36.4 Å². The molecule has 2 aromatic carbocycles. The van der Waals surface area contributed by atoms with E-state index in [9.17, 15) is 8.42 Å². The molecule has 0 amide bonds. The van der Waals surface area contributed by atoms with E-state index in [0.717, 1.165) is 5.56 Å². The minimum atomic E-state index is -3.60. The van der Waals surface area contributed by atoms with Crippen molar-refractivity contribution in [1.29, 1.82) is 0 Å². The second-order valence-corrected chi connectivity index (χ2v) is 7.27. The van der Waals surface area contributed by atoms with Crippen molar-refractivity contribution in [1.82, 2.24) is 4.31 Å². The minimum Gasteiger partial charge on any atom is -0.494 e. The van der Waals surface area contributed by atoms with E-state index in [0.29, 0.717) is 25.3 Å². The molecule has 24 heavy (non-hydrogen) atoms. The van der Waals surface area contributed by atoms with Crippen LogP contribution in [0.25, 0.3) is 0 Å². The number of hydrogen-bond acceptors (Lipinski definition) is 4. The second-order valence-electron chi connectivity index (χ2n) is 5.34. The summed E-state index contributed by atoms with van der Waals surface area (Å²) in [5.41, 5.74) is 6.72. The highest BCUT2D eigenvalue weighted by molar-refractivity contribution is 7.89. The summed E-state index contributed by atoms with van der Waals surface area (Å²) in [5.74, 6) is 0.550. The predicted molar refractivity (Wildman–Crippen MR) is 95.6 cm³/mol. The molecule has 0 aliphatic carbocycles. The van der Waals surface area contributed by atoms with Crippen LogP contribution >= 0.6 is 0 Å². The topological polar surface area (TPSA) is 72.6 Å². The number of nitrogens with two attached hydrogens (primary N) is 1. The summed E-state index contributed by atoms with van der Waals surface area (Å²) in [4.78, 5) is 0.231. The van der Waals surface area contributed by atoms with Crippen molar-refractivity contribution < 1.29 is 13.2 Å². The molecule has 2 rings (SSSR count). The lowest BCUT2D eigenvalue weighted by Crippen LogP contribution is -2.36. The summed E-state index contributed by atoms with van der Waals surface area (Å²) < 4.78 is 32.7. The Bertz CT molecular complexity index is 733. The highest BCUT2D eigenvalue weighted by Gasteiger charge is 2.24. The van der Waals surface area contributed by atoms with E-state index in [-0.39, 0.29) is 18.0 Å². The van der Waals surface area contributed by atoms with E-state index in [1.165, 1.54) is 4.31 Å². The molecule has 6 heteroatoms. The maximum Gasteiger partial charge on any atom is 0.243 e. The summed E-state index contributed by atoms with van der Waals surface area (Å²) in [6.07, 6.45) is 0.644. The van der Waals surface area contributed by atoms with Gasteiger partial charge in [0.1, 0.15) is 5.75 Å². The molecule has 0 spiro atoms. The Kier molecular flexibility index (Phi) is 6.78. The third-order valence-corrected chi connectivity index (χ3v) is 5.52. The fourth-order valence-corrected chi connectivity index (χ4v) is 3.93. The van der Waals surface area contributed by atoms with E-state index in [4.69, 9.17) is 10.5 Å². The number of rotatable bonds is 9. The fourth-order valence-electron chi connectivity index (χ4n) is 2.43. The smallest absolute Gasteiger partial charge is 0.243 e. The number of benzene rings is 2. The Morgan fingerprint density at radius 2 is 1.79 bits per heavy atom. The molecule has 0 radical (unpaired) electrons. The number of sulfonamides is 1. The first-order valence-corrected chi connectivity index (χ1v) is 9.49. The van der Waals surface area contributed by atoms with Crippen LogP contribution in [0.1, 0.15) is 12.5 Å². The van der Waals surface area contributed by atoms with Crippen LogP contribution in [-0.2, 0) is 16.4 Å². The molecule has 0 unspecified atom stereocenters. The van der Waals surface area contributed by atoms with Crippen LogP contribution in [0.3, 0.4) is 0 Å². The van der Waals surface area contributed by atoms with Crippen LogP contribution in [0.2, 0.25) is 0 Å². The van der Waals surface area contributed by atoms with Crippen LogP contribution in [0.4, 0.5) is 0 Å². The van der Waals surface area contributed by atoms with Gasteiger partial charge in [0.15, 0.2) is 0 Å². The molecular weight excluding hydrogens is 324 g/mol. The zero-order valence-electron chi connectivity index (χ0n) is 13.9. The van der Waals surface area contributed by atoms with Gasteiger partial charge in [0, 0.05) is 25.7 Å². The Morgan fingerprint density at radius 1 is 1.04 bits per heavy atom. The van der Waals surface area contributed by atoms with Gasteiger partial charge in [-0.25, -0.2) is 8.42 Å². The van der Waals surface area contributed by atoms with Crippen LogP contribution in [0.5, 0.6) is 5.75 Å². The number of ether oxygens (including phenoxy) is 1. The lowest BCUT2D eigenvalue weighted by molar-refractivity contribution is 0.339. The van der Waals surface area contributed by atoms with Crippen LogP contribution in [-0.4, -0.2) is 39.0 Å². The second kappa shape index (κ2) is 8.82. The van der Waals surface area contributed by atoms with Gasteiger partial charge in [-0.2, -0.15) is 4.31 Å². The maximum absolute atomic E-state index is 12.9. The van der Waals surface area contributed by atoms with Crippen molar-refractivity contribution in [3.63, 3.8) is 0 Å². The summed E-state index contributed by atoms with van der Waals surface area (Å²) >= 11 is 0. The first-order chi connectivity index (χ1) is 11.6. The van der Waals surface area contributed by atoms with Gasteiger partial charge in [0.05, 0.1) is 11.5 Å². The molecule has 0 saturated carbocycles. The van der Waals surface area contributed by atoms with E-state index < -0.39 is 10.0 Å². The highest BCUT2D eigenvalue weighted by atomic mass is 32.2. The third kappa shape index (κ3) is 4.80. The lowest BCUT2D eigenvalue weighted by atomic mass is 10.1. The molecular formula is C18H24N2O3S. The Balaban J connectivity index is 2.19. The van der Waals surface area contributed by atoms with Gasteiger partial charge in [-0.05, 0) is 31.0 Å². The van der Waals surface area contributed by atoms with Gasteiger partial charge in [-0.15, -0.1) is 0 Å². The molecule has 0 saturated heterocycles. The van der Waals surface area contributed by atoms with Crippen molar-refractivity contribution in [2.75, 3.05) is 26.2 Å². The minimum absolute atomic E-state index is 0.231. The molecule has 5 nitrogen and oxygen atoms in total. The molecule has 0 heterocycles. The summed E-state index contributed by atoms with van der Waals surface area (Å²) in [5, 5.41) is 0. The van der Waals surface area contributed by atoms with E-state index in [1.54, 1.807) is 24.3 Å². The molecule has 0 fully saturated rings. The average Bonchev–Trinajstić information content (AvgIpc) is 2.60. The Labute approximate surface area is 144 Å². The van der Waals surface area contributed by atoms with Crippen LogP contribution < -0.4 is 10.5 Å². The normalized spacial score (nSPS) is 11.6. The third-order valence-electron chi connectivity index (χ3n) is 3.63. The molecule has 0 bridgehead atoms. The monoisotopic (exact) mass is 348 g/mol. The van der Waals surface area contributed by atoms with Crippen molar-refractivity contribution in [3.05, 3.63) is 60.2 Å². The number of nitrogens with zero attached hydrogens (tertiary/aromatic N) is 1. The molecule has 130 valence electrons. The molecule has 0 atom stereocenters. The first kappa shape index (κ1) is 18.4. The summed E-state index contributed by atoms with van der Waals surface area (Å²) in [7, 11) is -3.60. The fraction of sp³-hybridized carbons (Fsp3) is 0.333. The molecule has 2 aromatic rings. The SMILES string of the molecule is CCOc1cccc(S(=O)(=O)N(CCN)CCc2ccccc2)c1. The summed E-state index contributed by atoms with van der Waals surface area (Å²) in [6, 6.07) is 16.4. The molecule has 2 N–H and O–H groups in total. The van der Waals surface area contributed by atoms with Crippen molar-refractivity contribution in [2.45, 2.75) is 18.2 Å². The van der Waals surface area contributed by atoms with Crippen molar-refractivity contribution >= 4 is 10.0 Å². The first-order valence-electron chi connectivity index (χ1n) is 8.05. The Morgan fingerprint density at radius 3 is 2.46 bits per heavy atom. The Hall–Kier alpha value is -1.89. The lowest BCUT2D eigenvalue weighted by Gasteiger charge is -2.22. The number of hydrogen-bond donors (Lipinski definition) is 1. The average molecular weight is 348 g/mol. The standard InChI is InChI=1S/C18H24N2O3S/c1-2-23-17-9-6-10-18(15-17)24(21,22)20(14-12-19)13-11-16-7-4-3-5-8-16/h3-10,15H,2,11-14,19H2,1H3. The van der Waals surface area contributed by atoms with E-state index in [2.05, 4.69) is 0 Å². The van der Waals surface area contributed by atoms with Crippen molar-refractivity contribution in [2.24, 2.45) is 5.73 Å². The zero-order valence-corrected chi connectivity index (χ0v) is 14.7. The maximum atomic E-state index is 12.9. The van der Waals surface area contributed by atoms with Crippen molar-refractivity contribution in [3.8, 4) is 5.75 Å². The summed E-state index contributed by atoms with van der Waals surface area (Å²) in [6.45, 7) is 3.31. The molecule has 0 aromatic heterocycles. The van der Waals surface area contributed by atoms with Gasteiger partial charge >= 0.3 is 0 Å². The molecule has 0 aliphatic rings. The molecule has 0 aliphatic heterocycles. The van der Waals surface area contributed by atoms with Crippen LogP contribution in [0, 0.1) is 0 Å². The van der Waals surface area contributed by atoms with E-state index in [1.807, 2.05) is 37.3 Å². The quantitative estimate of drug-likeness (QED) is 0.754. The van der Waals surface area contributed by atoms with Gasteiger partial charge in [0.2, 0.25) is 10.0 Å². The van der Waals surface area contributed by atoms with Gasteiger partial charge in [0.25, 0.3) is 0 Å². The van der Waals surface area contributed by atoms with E-state index >= 15 is 0 Å². The van der Waals surface area contributed by atoms with Crippen LogP contribution in [0.15, 0.2) is 59.5 Å². The predicted octanol–water partition coefficient (Wildman–Crippen LogP) is 2.28. The van der Waals surface area contributed by atoms with Gasteiger partial charge < -0.3 is 10.5 Å². The largest absolute Gasteiger partial charge is 0.494 e.